The van der Waals surface area contributed by atoms with Crippen LogP contribution in [-0.4, -0.2) is 37.9 Å². The Balaban J connectivity index is 1.54. The number of fused-ring (bicyclic) bond motifs is 1. The van der Waals surface area contributed by atoms with Gasteiger partial charge in [0.1, 0.15) is 22.7 Å². The van der Waals surface area contributed by atoms with Crippen LogP contribution in [0.3, 0.4) is 0 Å². The van der Waals surface area contributed by atoms with Crippen LogP contribution >= 0.6 is 0 Å². The molecule has 2 heterocycles. The van der Waals surface area contributed by atoms with Crippen LogP contribution in [0.15, 0.2) is 59.0 Å². The van der Waals surface area contributed by atoms with E-state index in [9.17, 15) is 9.90 Å². The monoisotopic (exact) mass is 409 g/mol. The number of hydrogen-bond acceptors (Lipinski definition) is 5. The smallest absolute Gasteiger partial charge is 0.230 e. The zero-order chi connectivity index (χ0) is 21.2. The van der Waals surface area contributed by atoms with Crippen LogP contribution in [0.5, 0.6) is 5.75 Å². The van der Waals surface area contributed by atoms with Crippen molar-refractivity contribution in [3.05, 3.63) is 65.9 Å². The van der Waals surface area contributed by atoms with Gasteiger partial charge in [0.05, 0.1) is 19.1 Å². The number of ether oxygens (including phenoxy) is 2. The van der Waals surface area contributed by atoms with Gasteiger partial charge < -0.3 is 24.3 Å². The van der Waals surface area contributed by atoms with E-state index in [1.165, 1.54) is 0 Å². The van der Waals surface area contributed by atoms with E-state index in [1.807, 2.05) is 54.6 Å². The van der Waals surface area contributed by atoms with Crippen molar-refractivity contribution in [1.29, 1.82) is 0 Å². The lowest BCUT2D eigenvalue weighted by atomic mass is 9.73. The van der Waals surface area contributed by atoms with Crippen molar-refractivity contribution < 1.29 is 23.8 Å². The van der Waals surface area contributed by atoms with Crippen LogP contribution in [-0.2, 0) is 20.5 Å². The van der Waals surface area contributed by atoms with Gasteiger partial charge in [-0.2, -0.15) is 0 Å². The molecule has 2 aromatic carbocycles. The zero-order valence-electron chi connectivity index (χ0n) is 17.3. The van der Waals surface area contributed by atoms with E-state index in [0.717, 1.165) is 16.7 Å². The summed E-state index contributed by atoms with van der Waals surface area (Å²) in [4.78, 5) is 13.4. The number of aliphatic hydroxyl groups is 1. The molecule has 158 valence electrons. The van der Waals surface area contributed by atoms with Gasteiger partial charge in [-0.1, -0.05) is 30.3 Å². The van der Waals surface area contributed by atoms with Crippen molar-refractivity contribution in [3.8, 4) is 5.75 Å². The largest absolute Gasteiger partial charge is 0.497 e. The molecule has 1 saturated heterocycles. The van der Waals surface area contributed by atoms with Gasteiger partial charge >= 0.3 is 0 Å². The minimum atomic E-state index is -1.33. The molecule has 3 aromatic rings. The average Bonchev–Trinajstić information content (AvgIpc) is 3.23. The maximum atomic E-state index is 13.4. The molecule has 1 aliphatic heterocycles. The van der Waals surface area contributed by atoms with Crippen molar-refractivity contribution in [3.63, 3.8) is 0 Å². The van der Waals surface area contributed by atoms with Crippen molar-refractivity contribution in [2.75, 3.05) is 26.9 Å². The molecular formula is C24H27NO5. The van der Waals surface area contributed by atoms with Crippen LogP contribution in [0, 0.1) is 0 Å². The number of methoxy groups -OCH3 is 1. The molecule has 6 heteroatoms. The third-order valence-corrected chi connectivity index (χ3v) is 5.97. The van der Waals surface area contributed by atoms with Crippen molar-refractivity contribution in [2.24, 2.45) is 0 Å². The molecule has 1 aliphatic rings. The van der Waals surface area contributed by atoms with E-state index < -0.39 is 11.0 Å². The number of nitrogens with one attached hydrogen (secondary N) is 1. The third kappa shape index (κ3) is 3.80. The molecule has 1 atom stereocenters. The third-order valence-electron chi connectivity index (χ3n) is 5.97. The molecule has 1 fully saturated rings. The summed E-state index contributed by atoms with van der Waals surface area (Å²) in [6, 6.07) is 17.0. The SMILES string of the molecule is COc1ccc(C2(C(=O)NCC(C)(O)c3cc4ccccc4o3)CCOCC2)cc1. The highest BCUT2D eigenvalue weighted by molar-refractivity contribution is 5.88. The summed E-state index contributed by atoms with van der Waals surface area (Å²) < 4.78 is 16.6. The Bertz CT molecular complexity index is 983. The molecule has 1 unspecified atom stereocenters. The van der Waals surface area contributed by atoms with Gasteiger partial charge in [-0.3, -0.25) is 4.79 Å². The van der Waals surface area contributed by atoms with Crippen LogP contribution in [0.4, 0.5) is 0 Å². The minimum absolute atomic E-state index is 0.0460. The lowest BCUT2D eigenvalue weighted by molar-refractivity contribution is -0.131. The molecule has 1 aromatic heterocycles. The summed E-state index contributed by atoms with van der Waals surface area (Å²) in [6.45, 7) is 2.72. The molecule has 0 saturated carbocycles. The Morgan fingerprint density at radius 2 is 1.87 bits per heavy atom. The number of carbonyl (C=O) groups excluding carboxylic acids is 1. The Kier molecular flexibility index (Phi) is 5.54. The number of para-hydroxylation sites is 1. The first kappa shape index (κ1) is 20.4. The fraction of sp³-hybridized carbons (Fsp3) is 0.375. The Hall–Kier alpha value is -2.83. The first-order valence-corrected chi connectivity index (χ1v) is 10.2. The van der Waals surface area contributed by atoms with Gasteiger partial charge in [0.15, 0.2) is 0 Å². The Morgan fingerprint density at radius 3 is 2.53 bits per heavy atom. The number of hydrogen-bond donors (Lipinski definition) is 2. The Morgan fingerprint density at radius 1 is 1.17 bits per heavy atom. The lowest BCUT2D eigenvalue weighted by Gasteiger charge is -2.37. The fourth-order valence-corrected chi connectivity index (χ4v) is 4.03. The number of amides is 1. The molecule has 6 nitrogen and oxygen atoms in total. The van der Waals surface area contributed by atoms with Gasteiger partial charge in [0.2, 0.25) is 5.91 Å². The van der Waals surface area contributed by atoms with Crippen LogP contribution in [0.25, 0.3) is 11.0 Å². The summed E-state index contributed by atoms with van der Waals surface area (Å²) >= 11 is 0. The summed E-state index contributed by atoms with van der Waals surface area (Å²) in [5, 5.41) is 14.9. The van der Waals surface area contributed by atoms with Gasteiger partial charge in [0.25, 0.3) is 0 Å². The highest BCUT2D eigenvalue weighted by Gasteiger charge is 2.42. The maximum absolute atomic E-state index is 13.4. The molecule has 4 rings (SSSR count). The van der Waals surface area contributed by atoms with Crippen LogP contribution in [0.1, 0.15) is 31.1 Å². The molecule has 0 radical (unpaired) electrons. The maximum Gasteiger partial charge on any atom is 0.230 e. The molecule has 2 N–H and O–H groups in total. The summed E-state index contributed by atoms with van der Waals surface area (Å²) in [5.41, 5.74) is -0.402. The molecule has 0 bridgehead atoms. The number of furan rings is 1. The minimum Gasteiger partial charge on any atom is -0.497 e. The molecule has 0 spiro atoms. The van der Waals surface area contributed by atoms with E-state index in [4.69, 9.17) is 13.9 Å². The van der Waals surface area contributed by atoms with Crippen LogP contribution in [0.2, 0.25) is 0 Å². The quantitative estimate of drug-likeness (QED) is 0.651. The predicted octanol–water partition coefficient (Wildman–Crippen LogP) is 3.51. The molecule has 1 amide bonds. The number of carbonyl (C=O) groups is 1. The predicted molar refractivity (Wildman–Crippen MR) is 114 cm³/mol. The average molecular weight is 409 g/mol. The fourth-order valence-electron chi connectivity index (χ4n) is 4.03. The van der Waals surface area contributed by atoms with Gasteiger partial charge in [-0.15, -0.1) is 0 Å². The summed E-state index contributed by atoms with van der Waals surface area (Å²) in [7, 11) is 1.62. The van der Waals surface area contributed by atoms with Gasteiger partial charge in [-0.05, 0) is 49.6 Å². The second kappa shape index (κ2) is 8.13. The first-order chi connectivity index (χ1) is 14.4. The topological polar surface area (TPSA) is 80.9 Å². The van der Waals surface area contributed by atoms with Crippen molar-refractivity contribution in [2.45, 2.75) is 30.8 Å². The van der Waals surface area contributed by atoms with E-state index in [0.29, 0.717) is 37.4 Å². The van der Waals surface area contributed by atoms with Crippen molar-refractivity contribution >= 4 is 16.9 Å². The zero-order valence-corrected chi connectivity index (χ0v) is 17.3. The summed E-state index contributed by atoms with van der Waals surface area (Å²) in [6.07, 6.45) is 1.16. The van der Waals surface area contributed by atoms with Crippen LogP contribution < -0.4 is 10.1 Å². The normalized spacial score (nSPS) is 18.0. The van der Waals surface area contributed by atoms with E-state index in [2.05, 4.69) is 5.32 Å². The summed E-state index contributed by atoms with van der Waals surface area (Å²) in [5.74, 6) is 1.05. The van der Waals surface area contributed by atoms with E-state index in [-0.39, 0.29) is 12.5 Å². The standard InChI is InChI=1S/C24H27NO5/c1-23(27,21-15-17-5-3-4-6-20(17)30-21)16-25-22(26)24(11-13-29-14-12-24)18-7-9-19(28-2)10-8-18/h3-10,15,27H,11-14,16H2,1-2H3,(H,25,26). The molecule has 0 aliphatic carbocycles. The first-order valence-electron chi connectivity index (χ1n) is 10.2. The highest BCUT2D eigenvalue weighted by Crippen LogP contribution is 2.36. The molecular weight excluding hydrogens is 382 g/mol. The van der Waals surface area contributed by atoms with Gasteiger partial charge in [-0.25, -0.2) is 0 Å². The molecule has 30 heavy (non-hydrogen) atoms. The Labute approximate surface area is 175 Å². The van der Waals surface area contributed by atoms with E-state index >= 15 is 0 Å². The lowest BCUT2D eigenvalue weighted by Crippen LogP contribution is -2.51. The number of benzene rings is 2. The van der Waals surface area contributed by atoms with Gasteiger partial charge in [0, 0.05) is 18.6 Å². The highest BCUT2D eigenvalue weighted by atomic mass is 16.5. The van der Waals surface area contributed by atoms with Crippen molar-refractivity contribution in [1.82, 2.24) is 5.32 Å². The van der Waals surface area contributed by atoms with E-state index in [1.54, 1.807) is 14.0 Å². The number of rotatable bonds is 6. The second-order valence-corrected chi connectivity index (χ2v) is 8.03. The second-order valence-electron chi connectivity index (χ2n) is 8.03.